The van der Waals surface area contributed by atoms with Gasteiger partial charge in [-0.05, 0) is 7.05 Å². The lowest BCUT2D eigenvalue weighted by Gasteiger charge is -2.17. The van der Waals surface area contributed by atoms with Crippen molar-refractivity contribution in [1.82, 2.24) is 15.1 Å². The number of nitrogens with zero attached hydrogens (tertiary/aromatic N) is 2. The molecule has 0 heterocycles. The van der Waals surface area contributed by atoms with Crippen LogP contribution in [-0.2, 0) is 0 Å². The highest BCUT2D eigenvalue weighted by atomic mass is 16.3. The van der Waals surface area contributed by atoms with E-state index in [4.69, 9.17) is 35.7 Å². The van der Waals surface area contributed by atoms with Gasteiger partial charge in [-0.2, -0.15) is 0 Å². The molecule has 0 aromatic carbocycles. The van der Waals surface area contributed by atoms with Crippen LogP contribution in [0.1, 0.15) is 0 Å². The number of hydrogen-bond acceptors (Lipinski definition) is 10. The van der Waals surface area contributed by atoms with E-state index < -0.39 is 0 Å². The van der Waals surface area contributed by atoms with Crippen LogP contribution in [-0.4, -0.2) is 145 Å². The van der Waals surface area contributed by atoms with Gasteiger partial charge in [0.1, 0.15) is 0 Å². The summed E-state index contributed by atoms with van der Waals surface area (Å²) in [4.78, 5) is 3.65. The molecule has 0 aliphatic heterocycles. The molecule has 0 aliphatic carbocycles. The summed E-state index contributed by atoms with van der Waals surface area (Å²) in [6.45, 7) is 4.78. The number of likely N-dealkylation sites (N-methyl/N-ethyl adjacent to an activating group) is 1. The zero-order valence-electron chi connectivity index (χ0n) is 15.4. The maximum atomic E-state index is 8.48. The van der Waals surface area contributed by atoms with Crippen molar-refractivity contribution in [3.8, 4) is 0 Å². The average Bonchev–Trinajstić information content (AvgIpc) is 2.58. The van der Waals surface area contributed by atoms with Gasteiger partial charge in [-0.15, -0.1) is 0 Å². The van der Waals surface area contributed by atoms with Crippen LogP contribution in [0.3, 0.4) is 0 Å². The Morgan fingerprint density at radius 1 is 0.520 bits per heavy atom. The summed E-state index contributed by atoms with van der Waals surface area (Å²) in [5.41, 5.74) is 0. The lowest BCUT2D eigenvalue weighted by Crippen LogP contribution is -2.32. The number of rotatable bonds is 14. The first-order valence-electron chi connectivity index (χ1n) is 8.45. The molecule has 0 aromatic heterocycles. The zero-order valence-corrected chi connectivity index (χ0v) is 15.4. The first kappa shape index (κ1) is 29.4. The SMILES string of the molecule is CN(CCO)CCO.OCCN(CCO)CCO.OCCNCCO. The summed E-state index contributed by atoms with van der Waals surface area (Å²) in [6.07, 6.45) is 0. The van der Waals surface area contributed by atoms with Gasteiger partial charge in [-0.1, -0.05) is 0 Å². The Bertz CT molecular complexity index is 193. The van der Waals surface area contributed by atoms with Crippen LogP contribution in [0.15, 0.2) is 0 Å². The van der Waals surface area contributed by atoms with Crippen LogP contribution in [0.25, 0.3) is 0 Å². The van der Waals surface area contributed by atoms with Crippen LogP contribution in [0.4, 0.5) is 0 Å². The van der Waals surface area contributed by atoms with Crippen molar-refractivity contribution in [3.05, 3.63) is 0 Å². The number of aliphatic hydroxyl groups excluding tert-OH is 7. The van der Waals surface area contributed by atoms with Crippen LogP contribution in [0.5, 0.6) is 0 Å². The van der Waals surface area contributed by atoms with Crippen LogP contribution in [0, 0.1) is 0 Å². The van der Waals surface area contributed by atoms with Crippen molar-refractivity contribution in [2.45, 2.75) is 0 Å². The minimum atomic E-state index is 0.0694. The quantitative estimate of drug-likeness (QED) is 0.140. The topological polar surface area (TPSA) is 160 Å². The van der Waals surface area contributed by atoms with Crippen molar-refractivity contribution < 1.29 is 35.7 Å². The molecule has 0 bridgehead atoms. The maximum absolute atomic E-state index is 8.48. The summed E-state index contributed by atoms with van der Waals surface area (Å²) in [6, 6.07) is 0. The van der Waals surface area contributed by atoms with E-state index in [2.05, 4.69) is 5.32 Å². The van der Waals surface area contributed by atoms with Crippen LogP contribution in [0.2, 0.25) is 0 Å². The molecular formula is C15H39N3O7. The summed E-state index contributed by atoms with van der Waals surface area (Å²) in [5.74, 6) is 0. The fourth-order valence-corrected chi connectivity index (χ4v) is 1.50. The van der Waals surface area contributed by atoms with Gasteiger partial charge in [0.05, 0.1) is 46.2 Å². The van der Waals surface area contributed by atoms with Crippen molar-refractivity contribution in [2.75, 3.05) is 99.1 Å². The molecule has 0 spiro atoms. The highest BCUT2D eigenvalue weighted by molar-refractivity contribution is 4.54. The molecule has 0 aliphatic rings. The Morgan fingerprint density at radius 3 is 1.08 bits per heavy atom. The van der Waals surface area contributed by atoms with Gasteiger partial charge >= 0.3 is 0 Å². The van der Waals surface area contributed by atoms with E-state index in [1.165, 1.54) is 0 Å². The van der Waals surface area contributed by atoms with Gasteiger partial charge in [0.15, 0.2) is 0 Å². The van der Waals surface area contributed by atoms with E-state index in [9.17, 15) is 0 Å². The minimum absolute atomic E-state index is 0.0694. The fraction of sp³-hybridized carbons (Fsp3) is 1.00. The monoisotopic (exact) mass is 373 g/mol. The molecule has 0 saturated carbocycles. The Morgan fingerprint density at radius 2 is 0.840 bits per heavy atom. The molecule has 0 atom stereocenters. The minimum Gasteiger partial charge on any atom is -0.395 e. The largest absolute Gasteiger partial charge is 0.395 e. The van der Waals surface area contributed by atoms with Crippen LogP contribution >= 0.6 is 0 Å². The van der Waals surface area contributed by atoms with Gasteiger partial charge < -0.3 is 46.0 Å². The molecule has 25 heavy (non-hydrogen) atoms. The van der Waals surface area contributed by atoms with Gasteiger partial charge in [-0.25, -0.2) is 0 Å². The highest BCUT2D eigenvalue weighted by Gasteiger charge is 2.00. The first-order chi connectivity index (χ1) is 12.1. The van der Waals surface area contributed by atoms with Crippen molar-refractivity contribution in [1.29, 1.82) is 0 Å². The third-order valence-electron chi connectivity index (χ3n) is 2.79. The molecule has 0 aromatic rings. The van der Waals surface area contributed by atoms with E-state index >= 15 is 0 Å². The molecule has 0 rings (SSSR count). The third kappa shape index (κ3) is 31.8. The number of nitrogens with one attached hydrogen (secondary N) is 1. The lowest BCUT2D eigenvalue weighted by molar-refractivity contribution is 0.136. The molecule has 156 valence electrons. The summed E-state index contributed by atoms with van der Waals surface area (Å²) >= 11 is 0. The molecule has 10 nitrogen and oxygen atoms in total. The molecule has 10 heteroatoms. The summed E-state index contributed by atoms with van der Waals surface area (Å²) < 4.78 is 0. The van der Waals surface area contributed by atoms with E-state index in [-0.39, 0.29) is 46.2 Å². The molecule has 0 unspecified atom stereocenters. The highest BCUT2D eigenvalue weighted by Crippen LogP contribution is 1.84. The van der Waals surface area contributed by atoms with Crippen molar-refractivity contribution >= 4 is 0 Å². The predicted octanol–water partition coefficient (Wildman–Crippen LogP) is -4.27. The van der Waals surface area contributed by atoms with Gasteiger partial charge in [0, 0.05) is 45.8 Å². The van der Waals surface area contributed by atoms with E-state index in [0.717, 1.165) is 0 Å². The molecular weight excluding hydrogens is 334 g/mol. The number of aliphatic hydroxyl groups is 7. The van der Waals surface area contributed by atoms with E-state index in [1.54, 1.807) is 4.90 Å². The summed E-state index contributed by atoms with van der Waals surface area (Å²) in [7, 11) is 1.85. The zero-order chi connectivity index (χ0) is 19.8. The third-order valence-corrected chi connectivity index (χ3v) is 2.79. The second kappa shape index (κ2) is 28.4. The van der Waals surface area contributed by atoms with Crippen molar-refractivity contribution in [3.63, 3.8) is 0 Å². The average molecular weight is 373 g/mol. The molecule has 0 fully saturated rings. The second-order valence-electron chi connectivity index (χ2n) is 4.96. The van der Waals surface area contributed by atoms with Crippen LogP contribution < -0.4 is 5.32 Å². The predicted molar refractivity (Wildman–Crippen MR) is 96.4 cm³/mol. The smallest absolute Gasteiger partial charge is 0.0558 e. The second-order valence-corrected chi connectivity index (χ2v) is 4.96. The fourth-order valence-electron chi connectivity index (χ4n) is 1.50. The Hall–Kier alpha value is -0.400. The molecule has 0 radical (unpaired) electrons. The maximum Gasteiger partial charge on any atom is 0.0558 e. The van der Waals surface area contributed by atoms with Gasteiger partial charge in [-0.3, -0.25) is 4.90 Å². The normalized spacial score (nSPS) is 10.3. The van der Waals surface area contributed by atoms with Gasteiger partial charge in [0.25, 0.3) is 0 Å². The Kier molecular flexibility index (Phi) is 33.4. The standard InChI is InChI=1S/C6H15NO3.C5H13NO2.C4H11NO2/c8-4-1-7(2-5-9)3-6-10;1-6(2-4-7)3-5-8;6-3-1-5-2-4-7/h8-10H,1-6H2;7-8H,2-5H2,1H3;5-7H,1-4H2. The number of hydrogen-bond donors (Lipinski definition) is 8. The molecule has 0 saturated heterocycles. The lowest BCUT2D eigenvalue weighted by atomic mass is 10.4. The molecule has 8 N–H and O–H groups in total. The van der Waals surface area contributed by atoms with E-state index in [0.29, 0.717) is 45.8 Å². The van der Waals surface area contributed by atoms with Gasteiger partial charge in [0.2, 0.25) is 0 Å². The van der Waals surface area contributed by atoms with E-state index in [1.807, 2.05) is 11.9 Å². The Labute approximate surface area is 150 Å². The molecule has 0 amide bonds. The Balaban J connectivity index is -0.000000296. The van der Waals surface area contributed by atoms with Crippen molar-refractivity contribution in [2.24, 2.45) is 0 Å². The first-order valence-corrected chi connectivity index (χ1v) is 8.45. The summed E-state index contributed by atoms with van der Waals surface area (Å²) in [5, 5.41) is 61.2.